The van der Waals surface area contributed by atoms with Crippen molar-refractivity contribution in [3.63, 3.8) is 0 Å². The number of nitrogens with zero attached hydrogens (tertiary/aromatic N) is 1. The first kappa shape index (κ1) is 20.2. The predicted octanol–water partition coefficient (Wildman–Crippen LogP) is 3.96. The van der Waals surface area contributed by atoms with Crippen LogP contribution in [0.15, 0.2) is 47.4 Å². The highest BCUT2D eigenvalue weighted by molar-refractivity contribution is 7.90. The van der Waals surface area contributed by atoms with Crippen LogP contribution in [0.4, 0.5) is 24.5 Å². The second-order valence-electron chi connectivity index (χ2n) is 6.68. The molecule has 0 atom stereocenters. The van der Waals surface area contributed by atoms with Crippen molar-refractivity contribution in [1.82, 2.24) is 0 Å². The standard InChI is InChI=1S/C19H19F3N2O3S/c1-28(26,27)15-6-4-5-13(11-15)18(25)23-16-12-14(19(20,21)22)7-8-17(16)24-9-2-3-10-24/h4-8,11-12H,2-3,9-10H2,1H3,(H,23,25). The molecule has 2 aromatic rings. The molecule has 1 fully saturated rings. The monoisotopic (exact) mass is 412 g/mol. The molecule has 0 aliphatic carbocycles. The second-order valence-corrected chi connectivity index (χ2v) is 8.69. The molecule has 0 spiro atoms. The Balaban J connectivity index is 1.96. The maximum absolute atomic E-state index is 13.1. The van der Waals surface area contributed by atoms with Crippen LogP contribution in [-0.2, 0) is 16.0 Å². The van der Waals surface area contributed by atoms with E-state index < -0.39 is 27.5 Å². The molecule has 2 aromatic carbocycles. The molecule has 1 aliphatic rings. The van der Waals surface area contributed by atoms with E-state index in [2.05, 4.69) is 5.32 Å². The van der Waals surface area contributed by atoms with Gasteiger partial charge in [-0.05, 0) is 49.2 Å². The third-order valence-electron chi connectivity index (χ3n) is 4.54. The van der Waals surface area contributed by atoms with E-state index in [1.165, 1.54) is 30.3 Å². The highest BCUT2D eigenvalue weighted by Gasteiger charge is 2.32. The molecule has 150 valence electrons. The van der Waals surface area contributed by atoms with Crippen molar-refractivity contribution in [2.24, 2.45) is 0 Å². The molecule has 0 aromatic heterocycles. The molecule has 1 aliphatic heterocycles. The molecule has 3 rings (SSSR count). The van der Waals surface area contributed by atoms with E-state index in [1.807, 2.05) is 4.90 Å². The first-order valence-corrected chi connectivity index (χ1v) is 10.5. The predicted molar refractivity (Wildman–Crippen MR) is 100 cm³/mol. The minimum absolute atomic E-state index is 0.0380. The highest BCUT2D eigenvalue weighted by atomic mass is 32.2. The van der Waals surface area contributed by atoms with E-state index in [0.29, 0.717) is 18.8 Å². The van der Waals surface area contributed by atoms with Crippen molar-refractivity contribution in [2.75, 3.05) is 29.6 Å². The van der Waals surface area contributed by atoms with Crippen LogP contribution >= 0.6 is 0 Å². The average Bonchev–Trinajstić information content (AvgIpc) is 3.14. The molecular formula is C19H19F3N2O3S. The Morgan fingerprint density at radius 2 is 1.75 bits per heavy atom. The molecule has 28 heavy (non-hydrogen) atoms. The number of carbonyl (C=O) groups is 1. The summed E-state index contributed by atoms with van der Waals surface area (Å²) >= 11 is 0. The van der Waals surface area contributed by atoms with Crippen LogP contribution in [-0.4, -0.2) is 33.7 Å². The van der Waals surface area contributed by atoms with E-state index in [4.69, 9.17) is 0 Å². The Labute approximate surface area is 161 Å². The maximum Gasteiger partial charge on any atom is 0.416 e. The number of anilines is 2. The molecule has 0 radical (unpaired) electrons. The summed E-state index contributed by atoms with van der Waals surface area (Å²) in [4.78, 5) is 14.5. The van der Waals surface area contributed by atoms with Crippen LogP contribution in [0.2, 0.25) is 0 Å². The molecule has 0 bridgehead atoms. The lowest BCUT2D eigenvalue weighted by molar-refractivity contribution is -0.137. The van der Waals surface area contributed by atoms with Gasteiger partial charge in [0.2, 0.25) is 0 Å². The summed E-state index contributed by atoms with van der Waals surface area (Å²) in [5.74, 6) is -0.676. The Kier molecular flexibility index (Phi) is 5.38. The quantitative estimate of drug-likeness (QED) is 0.826. The smallest absolute Gasteiger partial charge is 0.370 e. The fourth-order valence-electron chi connectivity index (χ4n) is 3.11. The number of benzene rings is 2. The number of carbonyl (C=O) groups excluding carboxylic acids is 1. The van der Waals surface area contributed by atoms with Crippen molar-refractivity contribution >= 4 is 27.1 Å². The van der Waals surface area contributed by atoms with Gasteiger partial charge >= 0.3 is 6.18 Å². The Morgan fingerprint density at radius 1 is 1.07 bits per heavy atom. The van der Waals surface area contributed by atoms with Gasteiger partial charge in [0.1, 0.15) is 0 Å². The van der Waals surface area contributed by atoms with Gasteiger partial charge in [-0.1, -0.05) is 6.07 Å². The number of amides is 1. The molecule has 1 heterocycles. The summed E-state index contributed by atoms with van der Waals surface area (Å²) in [7, 11) is -3.52. The SMILES string of the molecule is CS(=O)(=O)c1cccc(C(=O)Nc2cc(C(F)(F)F)ccc2N2CCCC2)c1. The Morgan fingerprint density at radius 3 is 2.36 bits per heavy atom. The van der Waals surface area contributed by atoms with Gasteiger partial charge in [-0.15, -0.1) is 0 Å². The minimum atomic E-state index is -4.54. The molecule has 1 N–H and O–H groups in total. The second kappa shape index (κ2) is 7.46. The lowest BCUT2D eigenvalue weighted by Gasteiger charge is -2.23. The lowest BCUT2D eigenvalue weighted by atomic mass is 10.1. The number of sulfone groups is 1. The number of halogens is 3. The summed E-state index contributed by atoms with van der Waals surface area (Å²) < 4.78 is 62.8. The van der Waals surface area contributed by atoms with Crippen LogP contribution in [0.5, 0.6) is 0 Å². The van der Waals surface area contributed by atoms with Crippen LogP contribution in [0, 0.1) is 0 Å². The third kappa shape index (κ3) is 4.46. The van der Waals surface area contributed by atoms with Crippen molar-refractivity contribution in [2.45, 2.75) is 23.9 Å². The van der Waals surface area contributed by atoms with Gasteiger partial charge in [-0.2, -0.15) is 13.2 Å². The fourth-order valence-corrected chi connectivity index (χ4v) is 3.78. The third-order valence-corrected chi connectivity index (χ3v) is 5.65. The van der Waals surface area contributed by atoms with E-state index in [1.54, 1.807) is 0 Å². The van der Waals surface area contributed by atoms with Gasteiger partial charge < -0.3 is 10.2 Å². The molecule has 1 amide bonds. The fraction of sp³-hybridized carbons (Fsp3) is 0.316. The first-order chi connectivity index (χ1) is 13.1. The normalized spacial score (nSPS) is 14.9. The highest BCUT2D eigenvalue weighted by Crippen LogP contribution is 2.36. The zero-order valence-electron chi connectivity index (χ0n) is 15.1. The summed E-state index contributed by atoms with van der Waals surface area (Å²) in [6.45, 7) is 1.38. The van der Waals surface area contributed by atoms with Gasteiger partial charge in [0.05, 0.1) is 21.8 Å². The van der Waals surface area contributed by atoms with Gasteiger partial charge in [0.25, 0.3) is 5.91 Å². The van der Waals surface area contributed by atoms with Crippen molar-refractivity contribution in [1.29, 1.82) is 0 Å². The van der Waals surface area contributed by atoms with E-state index in [9.17, 15) is 26.4 Å². The number of hydrogen-bond acceptors (Lipinski definition) is 4. The molecule has 5 nitrogen and oxygen atoms in total. The van der Waals surface area contributed by atoms with Gasteiger partial charge in [0.15, 0.2) is 9.84 Å². The van der Waals surface area contributed by atoms with Crippen molar-refractivity contribution < 1.29 is 26.4 Å². The molecule has 0 unspecified atom stereocenters. The number of hydrogen-bond donors (Lipinski definition) is 1. The summed E-state index contributed by atoms with van der Waals surface area (Å²) in [6, 6.07) is 8.64. The Hall–Kier alpha value is -2.55. The lowest BCUT2D eigenvalue weighted by Crippen LogP contribution is -2.22. The Bertz CT molecular complexity index is 998. The van der Waals surface area contributed by atoms with Crippen molar-refractivity contribution in [3.8, 4) is 0 Å². The molecule has 0 saturated carbocycles. The molecule has 9 heteroatoms. The van der Waals surface area contributed by atoms with Crippen LogP contribution in [0.1, 0.15) is 28.8 Å². The topological polar surface area (TPSA) is 66.5 Å². The summed E-state index contributed by atoms with van der Waals surface area (Å²) in [6.07, 6.45) is -1.68. The number of rotatable bonds is 4. The average molecular weight is 412 g/mol. The van der Waals surface area contributed by atoms with Crippen LogP contribution in [0.3, 0.4) is 0 Å². The van der Waals surface area contributed by atoms with Crippen LogP contribution in [0.25, 0.3) is 0 Å². The number of nitrogens with one attached hydrogen (secondary N) is 1. The van der Waals surface area contributed by atoms with E-state index in [0.717, 1.165) is 31.2 Å². The van der Waals surface area contributed by atoms with Gasteiger partial charge in [-0.3, -0.25) is 4.79 Å². The largest absolute Gasteiger partial charge is 0.416 e. The number of alkyl halides is 3. The molecular weight excluding hydrogens is 393 g/mol. The van der Waals surface area contributed by atoms with Gasteiger partial charge in [-0.25, -0.2) is 8.42 Å². The maximum atomic E-state index is 13.1. The van der Waals surface area contributed by atoms with Crippen LogP contribution < -0.4 is 10.2 Å². The minimum Gasteiger partial charge on any atom is -0.370 e. The van der Waals surface area contributed by atoms with E-state index in [-0.39, 0.29) is 16.1 Å². The zero-order chi connectivity index (χ0) is 20.5. The van der Waals surface area contributed by atoms with Gasteiger partial charge in [0, 0.05) is 24.9 Å². The molecule has 1 saturated heterocycles. The summed E-state index contributed by atoms with van der Waals surface area (Å²) in [5, 5.41) is 2.52. The van der Waals surface area contributed by atoms with E-state index >= 15 is 0 Å². The van der Waals surface area contributed by atoms with Crippen molar-refractivity contribution in [3.05, 3.63) is 53.6 Å². The zero-order valence-corrected chi connectivity index (χ0v) is 15.9. The first-order valence-electron chi connectivity index (χ1n) is 8.63. The summed E-state index contributed by atoms with van der Waals surface area (Å²) in [5.41, 5.74) is -0.257.